The molecule has 0 radical (unpaired) electrons. The topological polar surface area (TPSA) is 61.9 Å². The Kier molecular flexibility index (Phi) is 7.65. The van der Waals surface area contributed by atoms with Gasteiger partial charge in [0.05, 0.1) is 0 Å². The molecule has 1 saturated heterocycles. The number of ether oxygens (including phenoxy) is 1. The van der Waals surface area contributed by atoms with E-state index in [0.29, 0.717) is 24.5 Å². The van der Waals surface area contributed by atoms with Crippen LogP contribution in [0.5, 0.6) is 11.5 Å². The van der Waals surface area contributed by atoms with Crippen molar-refractivity contribution in [3.05, 3.63) is 77.0 Å². The number of para-hydroxylation sites is 1. The van der Waals surface area contributed by atoms with Crippen LogP contribution in [0.2, 0.25) is 0 Å². The van der Waals surface area contributed by atoms with E-state index in [1.54, 1.807) is 24.3 Å². The summed E-state index contributed by atoms with van der Waals surface area (Å²) in [4.78, 5) is 30.9. The van der Waals surface area contributed by atoms with Crippen molar-refractivity contribution >= 4 is 40.4 Å². The normalized spacial score (nSPS) is 16.8. The van der Waals surface area contributed by atoms with Crippen molar-refractivity contribution in [3.63, 3.8) is 0 Å². The van der Waals surface area contributed by atoms with Gasteiger partial charge < -0.3 is 15.0 Å². The molecule has 1 N–H and O–H groups in total. The van der Waals surface area contributed by atoms with E-state index in [1.807, 2.05) is 59.7 Å². The molecule has 2 amide bonds. The van der Waals surface area contributed by atoms with Crippen LogP contribution in [0.1, 0.15) is 17.8 Å². The van der Waals surface area contributed by atoms with Crippen LogP contribution < -0.4 is 15.0 Å². The van der Waals surface area contributed by atoms with Crippen LogP contribution in [0.15, 0.2) is 72.1 Å². The number of nitrogens with zero attached hydrogens (tertiary/aromatic N) is 2. The summed E-state index contributed by atoms with van der Waals surface area (Å²) in [6.45, 7) is 3.96. The number of nitrogens with one attached hydrogen (secondary N) is 1. The minimum atomic E-state index is -0.776. The van der Waals surface area contributed by atoms with Gasteiger partial charge in [-0.15, -0.1) is 22.9 Å². The van der Waals surface area contributed by atoms with Crippen molar-refractivity contribution in [2.24, 2.45) is 0 Å². The number of anilines is 1. The van der Waals surface area contributed by atoms with Gasteiger partial charge in [-0.2, -0.15) is 0 Å². The molecular weight excluding hydrogens is 458 g/mol. The zero-order valence-electron chi connectivity index (χ0n) is 18.3. The third-order valence-corrected chi connectivity index (χ3v) is 6.62. The van der Waals surface area contributed by atoms with Gasteiger partial charge in [-0.05, 0) is 54.8 Å². The maximum absolute atomic E-state index is 13.7. The second-order valence-electron chi connectivity index (χ2n) is 7.86. The van der Waals surface area contributed by atoms with Gasteiger partial charge in [0.2, 0.25) is 5.91 Å². The molecule has 1 unspecified atom stereocenters. The average Bonchev–Trinajstić information content (AvgIpc) is 3.37. The highest BCUT2D eigenvalue weighted by Gasteiger charge is 2.37. The van der Waals surface area contributed by atoms with Gasteiger partial charge in [-0.3, -0.25) is 14.5 Å². The molecule has 8 heteroatoms. The van der Waals surface area contributed by atoms with Crippen LogP contribution in [0.4, 0.5) is 5.69 Å². The standard InChI is InChI=1S/C25H26ClN3O3S/c1-18-17-28(14-13-27-18)25(31)24(22-8-5-15-33-22)29(23(30)16-26)19-9-11-21(12-10-19)32-20-6-3-2-4-7-20/h2-12,15,18,24,27H,13-14,16-17H2,1H3/t18-,24?/m1/s1. The number of halogens is 1. The molecule has 1 aromatic heterocycles. The SMILES string of the molecule is C[C@@H]1CN(C(=O)C(c2cccs2)N(C(=O)CCl)c2ccc(Oc3ccccc3)cc2)CCN1. The molecule has 2 atom stereocenters. The van der Waals surface area contributed by atoms with Gasteiger partial charge in [0, 0.05) is 36.2 Å². The molecule has 0 spiro atoms. The van der Waals surface area contributed by atoms with Crippen molar-refractivity contribution < 1.29 is 14.3 Å². The molecule has 1 fully saturated rings. The summed E-state index contributed by atoms with van der Waals surface area (Å²) < 4.78 is 5.88. The third-order valence-electron chi connectivity index (χ3n) is 5.46. The van der Waals surface area contributed by atoms with E-state index >= 15 is 0 Å². The van der Waals surface area contributed by atoms with Crippen LogP contribution in [0, 0.1) is 0 Å². The maximum atomic E-state index is 13.7. The lowest BCUT2D eigenvalue weighted by Crippen LogP contribution is -2.55. The summed E-state index contributed by atoms with van der Waals surface area (Å²) in [5.41, 5.74) is 0.594. The van der Waals surface area contributed by atoms with Crippen LogP contribution in [-0.4, -0.2) is 48.3 Å². The molecule has 3 aromatic rings. The summed E-state index contributed by atoms with van der Waals surface area (Å²) in [6, 6.07) is 19.8. The Morgan fingerprint density at radius 1 is 1.12 bits per heavy atom. The molecule has 33 heavy (non-hydrogen) atoms. The Balaban J connectivity index is 1.66. The lowest BCUT2D eigenvalue weighted by Gasteiger charge is -2.37. The first-order valence-corrected chi connectivity index (χ1v) is 12.2. The molecule has 1 aliphatic heterocycles. The van der Waals surface area contributed by atoms with Gasteiger partial charge in [0.25, 0.3) is 5.91 Å². The van der Waals surface area contributed by atoms with Gasteiger partial charge in [-0.1, -0.05) is 24.3 Å². The number of amides is 2. The Hall–Kier alpha value is -2.87. The first-order valence-electron chi connectivity index (χ1n) is 10.8. The first-order chi connectivity index (χ1) is 16.1. The molecule has 2 heterocycles. The van der Waals surface area contributed by atoms with Crippen LogP contribution in [-0.2, 0) is 9.59 Å². The van der Waals surface area contributed by atoms with Crippen molar-refractivity contribution in [1.82, 2.24) is 10.2 Å². The predicted molar refractivity (Wildman–Crippen MR) is 132 cm³/mol. The summed E-state index contributed by atoms with van der Waals surface area (Å²) in [7, 11) is 0. The van der Waals surface area contributed by atoms with E-state index < -0.39 is 6.04 Å². The molecule has 4 rings (SSSR count). The number of alkyl halides is 1. The molecule has 0 bridgehead atoms. The average molecular weight is 484 g/mol. The number of piperazine rings is 1. The van der Waals surface area contributed by atoms with Gasteiger partial charge in [0.15, 0.2) is 0 Å². The first kappa shape index (κ1) is 23.3. The number of carbonyl (C=O) groups excluding carboxylic acids is 2. The highest BCUT2D eigenvalue weighted by Crippen LogP contribution is 2.34. The number of benzene rings is 2. The minimum Gasteiger partial charge on any atom is -0.457 e. The Morgan fingerprint density at radius 3 is 2.48 bits per heavy atom. The van der Waals surface area contributed by atoms with E-state index in [0.717, 1.165) is 17.2 Å². The maximum Gasteiger partial charge on any atom is 0.251 e. The van der Waals surface area contributed by atoms with Crippen molar-refractivity contribution in [2.45, 2.75) is 19.0 Å². The monoisotopic (exact) mass is 483 g/mol. The Morgan fingerprint density at radius 2 is 1.85 bits per heavy atom. The molecule has 172 valence electrons. The lowest BCUT2D eigenvalue weighted by atomic mass is 10.1. The number of carbonyl (C=O) groups is 2. The van der Waals surface area contributed by atoms with E-state index in [9.17, 15) is 9.59 Å². The van der Waals surface area contributed by atoms with Crippen LogP contribution >= 0.6 is 22.9 Å². The van der Waals surface area contributed by atoms with Crippen LogP contribution in [0.25, 0.3) is 0 Å². The lowest BCUT2D eigenvalue weighted by molar-refractivity contribution is -0.135. The molecule has 1 aliphatic rings. The van der Waals surface area contributed by atoms with Crippen molar-refractivity contribution in [2.75, 3.05) is 30.4 Å². The minimum absolute atomic E-state index is 0.103. The molecule has 0 aliphatic carbocycles. The molecule has 6 nitrogen and oxygen atoms in total. The molecule has 0 saturated carbocycles. The van der Waals surface area contributed by atoms with Crippen molar-refractivity contribution in [3.8, 4) is 11.5 Å². The van der Waals surface area contributed by atoms with E-state index in [4.69, 9.17) is 16.3 Å². The molecule has 2 aromatic carbocycles. The van der Waals surface area contributed by atoms with E-state index in [1.165, 1.54) is 16.2 Å². The number of thiophene rings is 1. The quantitative estimate of drug-likeness (QED) is 0.496. The Labute approximate surface area is 202 Å². The van der Waals surface area contributed by atoms with Gasteiger partial charge >= 0.3 is 0 Å². The zero-order chi connectivity index (χ0) is 23.2. The third kappa shape index (κ3) is 5.55. The van der Waals surface area contributed by atoms with Gasteiger partial charge in [-0.25, -0.2) is 0 Å². The Bertz CT molecular complexity index is 1060. The second-order valence-corrected chi connectivity index (χ2v) is 9.11. The fourth-order valence-electron chi connectivity index (χ4n) is 3.91. The smallest absolute Gasteiger partial charge is 0.251 e. The molecular formula is C25H26ClN3O3S. The fourth-order valence-corrected chi connectivity index (χ4v) is 4.85. The summed E-state index contributed by atoms with van der Waals surface area (Å²) in [6.07, 6.45) is 0. The highest BCUT2D eigenvalue weighted by molar-refractivity contribution is 7.10. The highest BCUT2D eigenvalue weighted by atomic mass is 35.5. The van der Waals surface area contributed by atoms with E-state index in [-0.39, 0.29) is 23.7 Å². The largest absolute Gasteiger partial charge is 0.457 e. The number of rotatable bonds is 7. The summed E-state index contributed by atoms with van der Waals surface area (Å²) in [5.74, 6) is 0.698. The van der Waals surface area contributed by atoms with Crippen LogP contribution in [0.3, 0.4) is 0 Å². The van der Waals surface area contributed by atoms with E-state index in [2.05, 4.69) is 5.32 Å². The van der Waals surface area contributed by atoms with Crippen molar-refractivity contribution in [1.29, 1.82) is 0 Å². The zero-order valence-corrected chi connectivity index (χ0v) is 19.9. The second kappa shape index (κ2) is 10.8. The number of hydrogen-bond donors (Lipinski definition) is 1. The summed E-state index contributed by atoms with van der Waals surface area (Å²) in [5, 5.41) is 5.27. The fraction of sp³-hybridized carbons (Fsp3) is 0.280. The predicted octanol–water partition coefficient (Wildman–Crippen LogP) is 4.67. The van der Waals surface area contributed by atoms with Gasteiger partial charge in [0.1, 0.15) is 23.4 Å². The summed E-state index contributed by atoms with van der Waals surface area (Å²) >= 11 is 7.46. The number of hydrogen-bond acceptors (Lipinski definition) is 5.